The third-order valence-electron chi connectivity index (χ3n) is 2.59. The Morgan fingerprint density at radius 1 is 1.62 bits per heavy atom. The van der Waals surface area contributed by atoms with Gasteiger partial charge in [0, 0.05) is 13.2 Å². The standard InChI is InChI=1S/C12H17N3O/c1-5-11-10(7-15(4)14-11)12(16)9(6-13)8(2)3/h7-9H,5H2,1-4H3. The third kappa shape index (κ3) is 2.30. The van der Waals surface area contributed by atoms with Gasteiger partial charge in [0.2, 0.25) is 0 Å². The number of carbonyl (C=O) groups is 1. The molecule has 1 aromatic heterocycles. The molecule has 1 unspecified atom stereocenters. The molecule has 1 rings (SSSR count). The molecule has 0 amide bonds. The van der Waals surface area contributed by atoms with Crippen LogP contribution in [0.4, 0.5) is 0 Å². The quantitative estimate of drug-likeness (QED) is 0.727. The monoisotopic (exact) mass is 219 g/mol. The van der Waals surface area contributed by atoms with Crippen LogP contribution in [-0.4, -0.2) is 15.6 Å². The van der Waals surface area contributed by atoms with E-state index in [1.165, 1.54) is 0 Å². The lowest BCUT2D eigenvalue weighted by atomic mass is 9.89. The maximum atomic E-state index is 12.1. The zero-order valence-electron chi connectivity index (χ0n) is 10.2. The molecule has 1 heterocycles. The summed E-state index contributed by atoms with van der Waals surface area (Å²) in [5.41, 5.74) is 1.36. The first-order valence-electron chi connectivity index (χ1n) is 5.47. The molecule has 0 radical (unpaired) electrons. The van der Waals surface area contributed by atoms with E-state index in [0.717, 1.165) is 5.69 Å². The van der Waals surface area contributed by atoms with Crippen LogP contribution in [0.2, 0.25) is 0 Å². The van der Waals surface area contributed by atoms with Crippen LogP contribution in [-0.2, 0) is 13.5 Å². The molecular weight excluding hydrogens is 202 g/mol. The molecule has 1 aromatic rings. The number of nitrogens with zero attached hydrogens (tertiary/aromatic N) is 3. The minimum Gasteiger partial charge on any atom is -0.293 e. The van der Waals surface area contributed by atoms with Crippen LogP contribution in [0.15, 0.2) is 6.20 Å². The van der Waals surface area contributed by atoms with Crippen LogP contribution >= 0.6 is 0 Å². The SMILES string of the molecule is CCc1nn(C)cc1C(=O)C(C#N)C(C)C. The zero-order valence-corrected chi connectivity index (χ0v) is 10.2. The Hall–Kier alpha value is -1.63. The summed E-state index contributed by atoms with van der Waals surface area (Å²) in [6.07, 6.45) is 2.41. The van der Waals surface area contributed by atoms with Crippen molar-refractivity contribution in [2.75, 3.05) is 0 Å². The summed E-state index contributed by atoms with van der Waals surface area (Å²) >= 11 is 0. The van der Waals surface area contributed by atoms with Gasteiger partial charge < -0.3 is 0 Å². The predicted molar refractivity (Wildman–Crippen MR) is 60.9 cm³/mol. The summed E-state index contributed by atoms with van der Waals surface area (Å²) in [7, 11) is 1.78. The van der Waals surface area contributed by atoms with Crippen LogP contribution in [0.25, 0.3) is 0 Å². The first-order chi connectivity index (χ1) is 7.51. The molecule has 4 nitrogen and oxygen atoms in total. The lowest BCUT2D eigenvalue weighted by Gasteiger charge is -2.10. The first kappa shape index (κ1) is 12.4. The number of aryl methyl sites for hydroxylation is 2. The fraction of sp³-hybridized carbons (Fsp3) is 0.583. The van der Waals surface area contributed by atoms with Gasteiger partial charge in [0.15, 0.2) is 5.78 Å². The zero-order chi connectivity index (χ0) is 12.3. The van der Waals surface area contributed by atoms with Crippen molar-refractivity contribution in [3.05, 3.63) is 17.5 Å². The fourth-order valence-electron chi connectivity index (χ4n) is 1.68. The van der Waals surface area contributed by atoms with Crippen molar-refractivity contribution < 1.29 is 4.79 Å². The minimum absolute atomic E-state index is 0.0300. The van der Waals surface area contributed by atoms with Gasteiger partial charge in [0.1, 0.15) is 5.92 Å². The van der Waals surface area contributed by atoms with Crippen molar-refractivity contribution in [3.8, 4) is 6.07 Å². The number of Topliss-reactive ketones (excluding diaryl/α,β-unsaturated/α-hetero) is 1. The van der Waals surface area contributed by atoms with Crippen LogP contribution in [0.3, 0.4) is 0 Å². The van der Waals surface area contributed by atoms with Crippen molar-refractivity contribution in [2.24, 2.45) is 18.9 Å². The Kier molecular flexibility index (Phi) is 3.83. The van der Waals surface area contributed by atoms with E-state index in [9.17, 15) is 4.79 Å². The fourth-order valence-corrected chi connectivity index (χ4v) is 1.68. The van der Waals surface area contributed by atoms with E-state index in [-0.39, 0.29) is 11.7 Å². The molecule has 16 heavy (non-hydrogen) atoms. The molecular formula is C12H17N3O. The number of hydrogen-bond acceptors (Lipinski definition) is 3. The Morgan fingerprint density at radius 2 is 2.25 bits per heavy atom. The maximum Gasteiger partial charge on any atom is 0.183 e. The van der Waals surface area contributed by atoms with Gasteiger partial charge in [-0.3, -0.25) is 9.48 Å². The highest BCUT2D eigenvalue weighted by molar-refractivity contribution is 6.00. The number of rotatable bonds is 4. The molecule has 0 bridgehead atoms. The number of hydrogen-bond donors (Lipinski definition) is 0. The predicted octanol–water partition coefficient (Wildman–Crippen LogP) is 1.96. The molecule has 0 saturated carbocycles. The van der Waals surface area contributed by atoms with E-state index < -0.39 is 5.92 Å². The Balaban J connectivity index is 3.09. The molecule has 1 atom stereocenters. The molecule has 0 saturated heterocycles. The van der Waals surface area contributed by atoms with Crippen LogP contribution in [0, 0.1) is 23.2 Å². The van der Waals surface area contributed by atoms with Gasteiger partial charge in [-0.05, 0) is 12.3 Å². The lowest BCUT2D eigenvalue weighted by molar-refractivity contribution is 0.0923. The van der Waals surface area contributed by atoms with E-state index in [4.69, 9.17) is 5.26 Å². The topological polar surface area (TPSA) is 58.7 Å². The van der Waals surface area contributed by atoms with Gasteiger partial charge in [-0.2, -0.15) is 10.4 Å². The van der Waals surface area contributed by atoms with E-state index in [0.29, 0.717) is 12.0 Å². The van der Waals surface area contributed by atoms with Crippen molar-refractivity contribution >= 4 is 5.78 Å². The smallest absolute Gasteiger partial charge is 0.183 e. The minimum atomic E-state index is -0.575. The summed E-state index contributed by atoms with van der Waals surface area (Å²) in [5, 5.41) is 13.2. The van der Waals surface area contributed by atoms with Gasteiger partial charge >= 0.3 is 0 Å². The number of carbonyl (C=O) groups excluding carboxylic acids is 1. The third-order valence-corrected chi connectivity index (χ3v) is 2.59. The molecule has 0 aliphatic heterocycles. The summed E-state index contributed by atoms with van der Waals surface area (Å²) < 4.78 is 1.63. The first-order valence-corrected chi connectivity index (χ1v) is 5.47. The second-order valence-corrected chi connectivity index (χ2v) is 4.23. The van der Waals surface area contributed by atoms with Crippen molar-refractivity contribution in [1.82, 2.24) is 9.78 Å². The Bertz CT molecular complexity index is 426. The van der Waals surface area contributed by atoms with Crippen LogP contribution in [0.1, 0.15) is 36.8 Å². The highest BCUT2D eigenvalue weighted by Gasteiger charge is 2.26. The van der Waals surface area contributed by atoms with Gasteiger partial charge in [0.05, 0.1) is 17.3 Å². The van der Waals surface area contributed by atoms with E-state index in [2.05, 4.69) is 11.2 Å². The van der Waals surface area contributed by atoms with Crippen molar-refractivity contribution in [1.29, 1.82) is 5.26 Å². The largest absolute Gasteiger partial charge is 0.293 e. The van der Waals surface area contributed by atoms with Crippen LogP contribution in [0.5, 0.6) is 0 Å². The number of ketones is 1. The van der Waals surface area contributed by atoms with Gasteiger partial charge in [-0.15, -0.1) is 0 Å². The highest BCUT2D eigenvalue weighted by atomic mass is 16.1. The van der Waals surface area contributed by atoms with E-state index in [1.54, 1.807) is 17.9 Å². The van der Waals surface area contributed by atoms with Crippen molar-refractivity contribution in [2.45, 2.75) is 27.2 Å². The van der Waals surface area contributed by atoms with Gasteiger partial charge in [-0.1, -0.05) is 20.8 Å². The van der Waals surface area contributed by atoms with Gasteiger partial charge in [-0.25, -0.2) is 0 Å². The van der Waals surface area contributed by atoms with Crippen molar-refractivity contribution in [3.63, 3.8) is 0 Å². The summed E-state index contributed by atoms with van der Waals surface area (Å²) in [6.45, 7) is 5.72. The Morgan fingerprint density at radius 3 is 2.69 bits per heavy atom. The average molecular weight is 219 g/mol. The van der Waals surface area contributed by atoms with E-state index >= 15 is 0 Å². The second kappa shape index (κ2) is 4.93. The van der Waals surface area contributed by atoms with Gasteiger partial charge in [0.25, 0.3) is 0 Å². The maximum absolute atomic E-state index is 12.1. The number of aromatic nitrogens is 2. The molecule has 86 valence electrons. The van der Waals surface area contributed by atoms with Crippen LogP contribution < -0.4 is 0 Å². The lowest BCUT2D eigenvalue weighted by Crippen LogP contribution is -2.19. The molecule has 0 spiro atoms. The Labute approximate surface area is 95.9 Å². The normalized spacial score (nSPS) is 12.5. The highest BCUT2D eigenvalue weighted by Crippen LogP contribution is 2.19. The summed E-state index contributed by atoms with van der Waals surface area (Å²) in [6, 6.07) is 2.07. The molecule has 0 N–H and O–H groups in total. The van der Waals surface area contributed by atoms with E-state index in [1.807, 2.05) is 20.8 Å². The second-order valence-electron chi connectivity index (χ2n) is 4.23. The number of nitriles is 1. The summed E-state index contributed by atoms with van der Waals surface area (Å²) in [4.78, 5) is 12.1. The summed E-state index contributed by atoms with van der Waals surface area (Å²) in [5.74, 6) is -0.653. The molecule has 0 aliphatic rings. The molecule has 0 aromatic carbocycles. The molecule has 0 fully saturated rings. The molecule has 4 heteroatoms. The average Bonchev–Trinajstić information content (AvgIpc) is 2.59. The molecule has 0 aliphatic carbocycles.